The van der Waals surface area contributed by atoms with Gasteiger partial charge in [-0.25, -0.2) is 0 Å². The molecular formula is C16H11BrF3N3O2. The van der Waals surface area contributed by atoms with Crippen molar-refractivity contribution in [1.82, 2.24) is 9.99 Å². The number of aromatic nitrogens is 1. The van der Waals surface area contributed by atoms with Gasteiger partial charge >= 0.3 is 6.18 Å². The van der Waals surface area contributed by atoms with Crippen LogP contribution in [0.15, 0.2) is 58.4 Å². The van der Waals surface area contributed by atoms with Gasteiger partial charge in [-0.15, -0.1) is 0 Å². The molecule has 130 valence electrons. The second-order valence-corrected chi connectivity index (χ2v) is 6.31. The van der Waals surface area contributed by atoms with Crippen LogP contribution in [0, 0.1) is 0 Å². The Hall–Kier alpha value is -2.26. The van der Waals surface area contributed by atoms with E-state index in [0.717, 1.165) is 0 Å². The highest BCUT2D eigenvalue weighted by atomic mass is 79.9. The molecule has 1 aliphatic heterocycles. The summed E-state index contributed by atoms with van der Waals surface area (Å²) in [5.41, 5.74) is -3.13. The SMILES string of the molecule is O=C(c1ccc(Br)cc1)N1N=C(c2ccncc2)C[C@@]1(O)C(F)(F)F. The maximum Gasteiger partial charge on any atom is 0.438 e. The first kappa shape index (κ1) is 17.6. The van der Waals surface area contributed by atoms with E-state index in [1.165, 1.54) is 48.8 Å². The number of halogens is 4. The van der Waals surface area contributed by atoms with Crippen LogP contribution in [0.2, 0.25) is 0 Å². The molecule has 2 heterocycles. The number of aliphatic hydroxyl groups is 1. The molecule has 0 aliphatic carbocycles. The third-order valence-electron chi connectivity index (χ3n) is 3.74. The van der Waals surface area contributed by atoms with Crippen LogP contribution in [-0.2, 0) is 0 Å². The zero-order chi connectivity index (χ0) is 18.2. The Morgan fingerprint density at radius 2 is 1.76 bits per heavy atom. The zero-order valence-electron chi connectivity index (χ0n) is 12.5. The van der Waals surface area contributed by atoms with Crippen molar-refractivity contribution >= 4 is 27.5 Å². The van der Waals surface area contributed by atoms with Crippen molar-refractivity contribution in [1.29, 1.82) is 0 Å². The van der Waals surface area contributed by atoms with Crippen molar-refractivity contribution in [2.24, 2.45) is 5.10 Å². The fourth-order valence-electron chi connectivity index (χ4n) is 2.40. The molecule has 0 radical (unpaired) electrons. The minimum absolute atomic E-state index is 0.0226. The van der Waals surface area contributed by atoms with Crippen LogP contribution in [0.25, 0.3) is 0 Å². The van der Waals surface area contributed by atoms with Gasteiger partial charge in [-0.2, -0.15) is 23.3 Å². The van der Waals surface area contributed by atoms with Gasteiger partial charge in [-0.05, 0) is 36.4 Å². The summed E-state index contributed by atoms with van der Waals surface area (Å²) in [4.78, 5) is 16.3. The lowest BCUT2D eigenvalue weighted by Crippen LogP contribution is -2.56. The molecule has 1 aromatic carbocycles. The summed E-state index contributed by atoms with van der Waals surface area (Å²) in [6.45, 7) is 0. The van der Waals surface area contributed by atoms with Crippen molar-refractivity contribution < 1.29 is 23.1 Å². The maximum absolute atomic E-state index is 13.5. The normalized spacial score (nSPS) is 20.5. The third-order valence-corrected chi connectivity index (χ3v) is 4.26. The van der Waals surface area contributed by atoms with Gasteiger partial charge in [0.2, 0.25) is 0 Å². The minimum Gasteiger partial charge on any atom is -0.362 e. The van der Waals surface area contributed by atoms with Crippen molar-refractivity contribution in [3.8, 4) is 0 Å². The zero-order valence-corrected chi connectivity index (χ0v) is 14.1. The highest BCUT2D eigenvalue weighted by molar-refractivity contribution is 9.10. The predicted molar refractivity (Wildman–Crippen MR) is 86.7 cm³/mol. The summed E-state index contributed by atoms with van der Waals surface area (Å²) >= 11 is 3.18. The maximum atomic E-state index is 13.5. The van der Waals surface area contributed by atoms with Crippen LogP contribution in [0.1, 0.15) is 22.3 Å². The van der Waals surface area contributed by atoms with Crippen LogP contribution in [-0.4, -0.2) is 38.6 Å². The lowest BCUT2D eigenvalue weighted by molar-refractivity contribution is -0.297. The number of alkyl halides is 3. The topological polar surface area (TPSA) is 65.8 Å². The van der Waals surface area contributed by atoms with E-state index >= 15 is 0 Å². The first-order valence-electron chi connectivity index (χ1n) is 7.09. The fraction of sp³-hybridized carbons (Fsp3) is 0.188. The average molecular weight is 414 g/mol. The number of carbonyl (C=O) groups excluding carboxylic acids is 1. The number of hydrazone groups is 1. The van der Waals surface area contributed by atoms with Gasteiger partial charge in [0.1, 0.15) is 0 Å². The summed E-state index contributed by atoms with van der Waals surface area (Å²) < 4.78 is 41.1. The van der Waals surface area contributed by atoms with Crippen molar-refractivity contribution in [2.75, 3.05) is 0 Å². The second kappa shape index (κ2) is 6.23. The molecule has 0 saturated carbocycles. The number of rotatable bonds is 2. The molecule has 1 aliphatic rings. The van der Waals surface area contributed by atoms with Crippen LogP contribution in [0.4, 0.5) is 13.2 Å². The smallest absolute Gasteiger partial charge is 0.362 e. The number of carbonyl (C=O) groups is 1. The molecule has 0 fully saturated rings. The second-order valence-electron chi connectivity index (χ2n) is 5.40. The summed E-state index contributed by atoms with van der Waals surface area (Å²) in [6, 6.07) is 8.66. The van der Waals surface area contributed by atoms with Crippen molar-refractivity contribution in [3.63, 3.8) is 0 Å². The molecular weight excluding hydrogens is 403 g/mol. The minimum atomic E-state index is -5.07. The number of amides is 1. The fourth-order valence-corrected chi connectivity index (χ4v) is 2.66. The number of benzene rings is 1. The van der Waals surface area contributed by atoms with Gasteiger partial charge in [0.05, 0.1) is 12.1 Å². The summed E-state index contributed by atoms with van der Waals surface area (Å²) in [7, 11) is 0. The molecule has 5 nitrogen and oxygen atoms in total. The summed E-state index contributed by atoms with van der Waals surface area (Å²) in [6.07, 6.45) is -3.15. The number of hydrogen-bond donors (Lipinski definition) is 1. The molecule has 1 N–H and O–H groups in total. The van der Waals surface area contributed by atoms with E-state index in [-0.39, 0.29) is 16.3 Å². The van der Waals surface area contributed by atoms with E-state index < -0.39 is 24.2 Å². The number of hydrogen-bond acceptors (Lipinski definition) is 4. The molecule has 1 atom stereocenters. The first-order valence-corrected chi connectivity index (χ1v) is 7.89. The lowest BCUT2D eigenvalue weighted by atomic mass is 10.0. The van der Waals surface area contributed by atoms with E-state index in [0.29, 0.717) is 10.0 Å². The molecule has 9 heteroatoms. The van der Waals surface area contributed by atoms with Crippen LogP contribution in [0.5, 0.6) is 0 Å². The van der Waals surface area contributed by atoms with Gasteiger partial charge in [-0.1, -0.05) is 15.9 Å². The van der Waals surface area contributed by atoms with Crippen LogP contribution < -0.4 is 0 Å². The molecule has 0 bridgehead atoms. The molecule has 1 amide bonds. The van der Waals surface area contributed by atoms with Crippen LogP contribution in [0.3, 0.4) is 0 Å². The third kappa shape index (κ3) is 3.16. The molecule has 0 saturated heterocycles. The molecule has 25 heavy (non-hydrogen) atoms. The highest BCUT2D eigenvalue weighted by Crippen LogP contribution is 2.41. The first-order chi connectivity index (χ1) is 11.7. The van der Waals surface area contributed by atoms with E-state index in [2.05, 4.69) is 26.0 Å². The highest BCUT2D eigenvalue weighted by Gasteiger charge is 2.63. The monoisotopic (exact) mass is 413 g/mol. The molecule has 2 aromatic rings. The number of nitrogens with zero attached hydrogens (tertiary/aromatic N) is 3. The molecule has 0 unspecified atom stereocenters. The Balaban J connectivity index is 2.04. The van der Waals surface area contributed by atoms with E-state index in [1.54, 1.807) is 0 Å². The number of pyridine rings is 1. The van der Waals surface area contributed by atoms with Crippen LogP contribution >= 0.6 is 15.9 Å². The van der Waals surface area contributed by atoms with E-state index in [9.17, 15) is 23.1 Å². The summed E-state index contributed by atoms with van der Waals surface area (Å²) in [5, 5.41) is 14.1. The largest absolute Gasteiger partial charge is 0.438 e. The van der Waals surface area contributed by atoms with Crippen molar-refractivity contribution in [3.05, 3.63) is 64.4 Å². The van der Waals surface area contributed by atoms with Crippen molar-refractivity contribution in [2.45, 2.75) is 18.3 Å². The molecule has 0 spiro atoms. The standard InChI is InChI=1S/C16H11BrF3N3O2/c17-12-3-1-11(2-4-12)14(24)23-15(25,16(18,19)20)9-13(22-23)10-5-7-21-8-6-10/h1-8,25H,9H2/t15-/m1/s1. The summed E-state index contributed by atoms with van der Waals surface area (Å²) in [5.74, 6) is -1.05. The van der Waals surface area contributed by atoms with Gasteiger partial charge in [0, 0.05) is 28.0 Å². The van der Waals surface area contributed by atoms with E-state index in [1.807, 2.05) is 0 Å². The van der Waals surface area contributed by atoms with Gasteiger partial charge < -0.3 is 5.11 Å². The molecule has 3 rings (SSSR count). The quantitative estimate of drug-likeness (QED) is 0.820. The van der Waals surface area contributed by atoms with Gasteiger partial charge in [0.15, 0.2) is 0 Å². The van der Waals surface area contributed by atoms with Gasteiger partial charge in [0.25, 0.3) is 11.6 Å². The van der Waals surface area contributed by atoms with Gasteiger partial charge in [-0.3, -0.25) is 9.78 Å². The Kier molecular flexibility index (Phi) is 4.38. The average Bonchev–Trinajstić information content (AvgIpc) is 2.95. The molecule has 1 aromatic heterocycles. The predicted octanol–water partition coefficient (Wildman–Crippen LogP) is 3.35. The Morgan fingerprint density at radius 1 is 1.16 bits per heavy atom. The lowest BCUT2D eigenvalue weighted by Gasteiger charge is -2.32. The Bertz CT molecular complexity index is 825. The Morgan fingerprint density at radius 3 is 2.32 bits per heavy atom. The Labute approximate surface area is 148 Å². The van der Waals surface area contributed by atoms with E-state index in [4.69, 9.17) is 0 Å².